The van der Waals surface area contributed by atoms with Gasteiger partial charge in [0.15, 0.2) is 0 Å². The van der Waals surface area contributed by atoms with E-state index in [0.29, 0.717) is 22.0 Å². The smallest absolute Gasteiger partial charge is 0.132 e. The molecule has 3 N–H and O–H groups in total. The number of halogens is 1. The van der Waals surface area contributed by atoms with Crippen molar-refractivity contribution in [3.05, 3.63) is 70.7 Å². The fourth-order valence-corrected chi connectivity index (χ4v) is 3.02. The number of rotatable bonds is 5. The molecule has 0 saturated carbocycles. The van der Waals surface area contributed by atoms with Crippen molar-refractivity contribution in [2.24, 2.45) is 0 Å². The minimum absolute atomic E-state index is 0.131. The van der Waals surface area contributed by atoms with Gasteiger partial charge < -0.3 is 15.5 Å². The molecule has 0 aliphatic rings. The number of aromatic nitrogens is 1. The van der Waals surface area contributed by atoms with E-state index in [1.807, 2.05) is 42.5 Å². The van der Waals surface area contributed by atoms with E-state index in [1.165, 1.54) is 0 Å². The van der Waals surface area contributed by atoms with E-state index in [9.17, 15) is 10.2 Å². The first kappa shape index (κ1) is 16.7. The fourth-order valence-electron chi connectivity index (χ4n) is 2.68. The molecule has 0 radical (unpaired) electrons. The molecule has 1 aromatic heterocycles. The van der Waals surface area contributed by atoms with Gasteiger partial charge in [0.05, 0.1) is 12.1 Å². The van der Waals surface area contributed by atoms with Gasteiger partial charge in [0.1, 0.15) is 11.4 Å². The van der Waals surface area contributed by atoms with Crippen molar-refractivity contribution in [3.63, 3.8) is 0 Å². The molecule has 1 atom stereocenters. The highest BCUT2D eigenvalue weighted by Gasteiger charge is 2.25. The number of para-hydroxylation sites is 1. The van der Waals surface area contributed by atoms with Crippen LogP contribution in [-0.4, -0.2) is 21.7 Å². The Kier molecular flexibility index (Phi) is 4.71. The number of benzene rings is 2. The van der Waals surface area contributed by atoms with Crippen molar-refractivity contribution >= 4 is 28.3 Å². The minimum atomic E-state index is -1.17. The fraction of sp³-hybridized carbons (Fsp3) is 0.211. The Morgan fingerprint density at radius 1 is 1.12 bits per heavy atom. The molecule has 1 unspecified atom stereocenters. The highest BCUT2D eigenvalue weighted by molar-refractivity contribution is 6.31. The summed E-state index contributed by atoms with van der Waals surface area (Å²) in [5, 5.41) is 25.0. The second-order valence-electron chi connectivity index (χ2n) is 5.95. The summed E-state index contributed by atoms with van der Waals surface area (Å²) in [6, 6.07) is 16.8. The number of nitrogens with zero attached hydrogens (tertiary/aromatic N) is 1. The van der Waals surface area contributed by atoms with Gasteiger partial charge in [-0.05, 0) is 25.1 Å². The number of aliphatic hydroxyl groups is 2. The van der Waals surface area contributed by atoms with Crippen molar-refractivity contribution in [2.75, 3.05) is 11.9 Å². The second kappa shape index (κ2) is 6.77. The molecule has 3 rings (SSSR count). The topological polar surface area (TPSA) is 65.4 Å². The van der Waals surface area contributed by atoms with Crippen LogP contribution in [0.4, 0.5) is 5.82 Å². The lowest BCUT2D eigenvalue weighted by Crippen LogP contribution is -2.31. The Labute approximate surface area is 145 Å². The molecule has 0 saturated heterocycles. The Hall–Kier alpha value is -2.14. The highest BCUT2D eigenvalue weighted by Crippen LogP contribution is 2.29. The summed E-state index contributed by atoms with van der Waals surface area (Å²) in [5.41, 5.74) is 0.988. The van der Waals surface area contributed by atoms with Gasteiger partial charge >= 0.3 is 0 Å². The molecule has 0 bridgehead atoms. The van der Waals surface area contributed by atoms with Crippen LogP contribution >= 0.6 is 11.6 Å². The van der Waals surface area contributed by atoms with Crippen LogP contribution in [0.1, 0.15) is 18.1 Å². The largest absolute Gasteiger partial charge is 0.392 e. The lowest BCUT2D eigenvalue weighted by atomic mass is 9.96. The Bertz CT molecular complexity index is 865. The maximum Gasteiger partial charge on any atom is 0.132 e. The van der Waals surface area contributed by atoms with Gasteiger partial charge in [-0.15, -0.1) is 0 Å². The minimum Gasteiger partial charge on any atom is -0.392 e. The van der Waals surface area contributed by atoms with Gasteiger partial charge in [-0.25, -0.2) is 4.98 Å². The van der Waals surface area contributed by atoms with Crippen LogP contribution in [0.5, 0.6) is 0 Å². The number of anilines is 1. The number of hydrogen-bond donors (Lipinski definition) is 3. The Morgan fingerprint density at radius 3 is 2.58 bits per heavy atom. The van der Waals surface area contributed by atoms with Crippen LogP contribution in [-0.2, 0) is 12.2 Å². The normalized spacial score (nSPS) is 13.7. The highest BCUT2D eigenvalue weighted by atomic mass is 35.5. The van der Waals surface area contributed by atoms with Crippen molar-refractivity contribution < 1.29 is 10.2 Å². The summed E-state index contributed by atoms with van der Waals surface area (Å²) < 4.78 is 0. The molecule has 0 aliphatic carbocycles. The molecular formula is C19H19ClN2O2. The molecule has 0 aliphatic heterocycles. The van der Waals surface area contributed by atoms with Crippen molar-refractivity contribution in [2.45, 2.75) is 19.1 Å². The summed E-state index contributed by atoms with van der Waals surface area (Å²) in [6.07, 6.45) is 0. The molecule has 0 fully saturated rings. The molecule has 4 nitrogen and oxygen atoms in total. The maximum absolute atomic E-state index is 10.8. The molecule has 5 heteroatoms. The van der Waals surface area contributed by atoms with Crippen LogP contribution in [0.15, 0.2) is 54.6 Å². The summed E-state index contributed by atoms with van der Waals surface area (Å²) in [4.78, 5) is 4.55. The van der Waals surface area contributed by atoms with Crippen LogP contribution in [0, 0.1) is 0 Å². The summed E-state index contributed by atoms with van der Waals surface area (Å²) in [5.74, 6) is 0.559. The van der Waals surface area contributed by atoms with E-state index in [-0.39, 0.29) is 13.2 Å². The van der Waals surface area contributed by atoms with E-state index in [2.05, 4.69) is 10.3 Å². The molecule has 2 aromatic carbocycles. The number of pyridine rings is 1. The number of nitrogens with one attached hydrogen (secondary N) is 1. The molecule has 3 aromatic rings. The zero-order chi connectivity index (χ0) is 17.2. The first-order valence-electron chi connectivity index (χ1n) is 7.72. The summed E-state index contributed by atoms with van der Waals surface area (Å²) >= 11 is 6.18. The Morgan fingerprint density at radius 2 is 1.83 bits per heavy atom. The quantitative estimate of drug-likeness (QED) is 0.661. The zero-order valence-electron chi connectivity index (χ0n) is 13.3. The second-order valence-corrected chi connectivity index (χ2v) is 6.36. The monoisotopic (exact) mass is 342 g/mol. The van der Waals surface area contributed by atoms with E-state index < -0.39 is 5.60 Å². The average molecular weight is 343 g/mol. The van der Waals surface area contributed by atoms with E-state index in [4.69, 9.17) is 11.6 Å². The van der Waals surface area contributed by atoms with Crippen LogP contribution in [0.3, 0.4) is 0 Å². The van der Waals surface area contributed by atoms with Crippen LogP contribution in [0.25, 0.3) is 10.9 Å². The first-order chi connectivity index (χ1) is 11.5. The Balaban J connectivity index is 1.88. The first-order valence-corrected chi connectivity index (χ1v) is 8.10. The third kappa shape index (κ3) is 3.36. The summed E-state index contributed by atoms with van der Waals surface area (Å²) in [7, 11) is 0. The molecule has 24 heavy (non-hydrogen) atoms. The number of aliphatic hydroxyl groups excluding tert-OH is 1. The summed E-state index contributed by atoms with van der Waals surface area (Å²) in [6.45, 7) is 1.78. The predicted octanol–water partition coefficient (Wildman–Crippen LogP) is 3.70. The lowest BCUT2D eigenvalue weighted by Gasteiger charge is -2.26. The number of fused-ring (bicyclic) bond motifs is 1. The third-order valence-corrected chi connectivity index (χ3v) is 4.36. The van der Waals surface area contributed by atoms with Gasteiger partial charge in [-0.3, -0.25) is 0 Å². The number of hydrogen-bond acceptors (Lipinski definition) is 4. The van der Waals surface area contributed by atoms with E-state index in [0.717, 1.165) is 10.9 Å². The molecule has 0 spiro atoms. The molecule has 0 amide bonds. The maximum atomic E-state index is 10.8. The SMILES string of the molecule is CC(O)(CNc1nc2ccccc2cc1CO)c1ccccc1Cl. The van der Waals surface area contributed by atoms with Crippen molar-refractivity contribution in [1.29, 1.82) is 0 Å². The van der Waals surface area contributed by atoms with E-state index >= 15 is 0 Å². The van der Waals surface area contributed by atoms with Gasteiger partial charge in [-0.1, -0.05) is 48.0 Å². The zero-order valence-corrected chi connectivity index (χ0v) is 14.1. The molecule has 1 heterocycles. The average Bonchev–Trinajstić information content (AvgIpc) is 2.59. The van der Waals surface area contributed by atoms with Crippen LogP contribution < -0.4 is 5.32 Å². The van der Waals surface area contributed by atoms with Gasteiger partial charge in [0.25, 0.3) is 0 Å². The predicted molar refractivity (Wildman–Crippen MR) is 97.2 cm³/mol. The van der Waals surface area contributed by atoms with Crippen molar-refractivity contribution in [3.8, 4) is 0 Å². The third-order valence-electron chi connectivity index (χ3n) is 4.03. The van der Waals surface area contributed by atoms with Gasteiger partial charge in [0, 0.05) is 28.1 Å². The van der Waals surface area contributed by atoms with Crippen molar-refractivity contribution in [1.82, 2.24) is 4.98 Å². The van der Waals surface area contributed by atoms with Gasteiger partial charge in [0.2, 0.25) is 0 Å². The van der Waals surface area contributed by atoms with Gasteiger partial charge in [-0.2, -0.15) is 0 Å². The molecule has 124 valence electrons. The van der Waals surface area contributed by atoms with E-state index in [1.54, 1.807) is 19.1 Å². The standard InChI is InChI=1S/C19H19ClN2O2/c1-19(24,15-7-3-4-8-16(15)20)12-21-18-14(11-23)10-13-6-2-5-9-17(13)22-18/h2-10,23-24H,11-12H2,1H3,(H,21,22). The van der Waals surface area contributed by atoms with Crippen LogP contribution in [0.2, 0.25) is 5.02 Å². The lowest BCUT2D eigenvalue weighted by molar-refractivity contribution is 0.0715. The molecular weight excluding hydrogens is 324 g/mol.